The summed E-state index contributed by atoms with van der Waals surface area (Å²) in [5.74, 6) is 1.72. The predicted octanol–water partition coefficient (Wildman–Crippen LogP) is 2.69. The van der Waals surface area contributed by atoms with Crippen LogP contribution >= 0.6 is 0 Å². The van der Waals surface area contributed by atoms with E-state index in [1.54, 1.807) is 12.4 Å². The van der Waals surface area contributed by atoms with Crippen molar-refractivity contribution in [1.82, 2.24) is 25.4 Å². The lowest BCUT2D eigenvalue weighted by atomic mass is 9.64. The lowest BCUT2D eigenvalue weighted by molar-refractivity contribution is 0.270. The first-order valence-corrected chi connectivity index (χ1v) is 8.93. The molecule has 134 valence electrons. The molecule has 2 aromatic heterocycles. The highest BCUT2D eigenvalue weighted by atomic mass is 16.5. The minimum Gasteiger partial charge on any atom is -0.368 e. The number of nitrogens with one attached hydrogen (secondary N) is 1. The van der Waals surface area contributed by atoms with Gasteiger partial charge in [0, 0.05) is 18.0 Å². The van der Waals surface area contributed by atoms with E-state index in [2.05, 4.69) is 56.6 Å². The van der Waals surface area contributed by atoms with Gasteiger partial charge in [-0.2, -0.15) is 4.98 Å². The van der Waals surface area contributed by atoms with Crippen LogP contribution in [0.15, 0.2) is 41.2 Å². The first-order chi connectivity index (χ1) is 12.7. The fourth-order valence-electron chi connectivity index (χ4n) is 3.39. The largest absolute Gasteiger partial charge is 0.368 e. The van der Waals surface area contributed by atoms with E-state index in [0.717, 1.165) is 36.3 Å². The van der Waals surface area contributed by atoms with Gasteiger partial charge in [0.05, 0.1) is 12.0 Å². The van der Waals surface area contributed by atoms with Gasteiger partial charge in [0.15, 0.2) is 5.82 Å². The molecular formula is C19H22N6O. The number of aromatic nitrogens is 4. The van der Waals surface area contributed by atoms with Crippen molar-refractivity contribution in [2.24, 2.45) is 0 Å². The highest BCUT2D eigenvalue weighted by Gasteiger charge is 2.44. The van der Waals surface area contributed by atoms with Crippen LogP contribution in [0.1, 0.15) is 43.5 Å². The first-order valence-electron chi connectivity index (χ1n) is 8.93. The molecule has 26 heavy (non-hydrogen) atoms. The maximum atomic E-state index is 5.56. The van der Waals surface area contributed by atoms with Crippen LogP contribution in [0.5, 0.6) is 0 Å². The SMILES string of the molecule is CCNCc1nc(C2(c3ccc(-c4cnc(N)nc4)cc3)CCC2)no1. The van der Waals surface area contributed by atoms with E-state index in [-0.39, 0.29) is 11.4 Å². The third-order valence-electron chi connectivity index (χ3n) is 5.07. The Labute approximate surface area is 152 Å². The van der Waals surface area contributed by atoms with Gasteiger partial charge in [0.25, 0.3) is 0 Å². The minimum atomic E-state index is -0.135. The molecule has 0 saturated heterocycles. The van der Waals surface area contributed by atoms with E-state index in [1.165, 1.54) is 12.0 Å². The van der Waals surface area contributed by atoms with Crippen LogP contribution in [-0.2, 0) is 12.0 Å². The summed E-state index contributed by atoms with van der Waals surface area (Å²) in [6, 6.07) is 8.46. The lowest BCUT2D eigenvalue weighted by Crippen LogP contribution is -2.36. The second kappa shape index (κ2) is 6.84. The van der Waals surface area contributed by atoms with Crippen LogP contribution in [0.4, 0.5) is 5.95 Å². The Balaban J connectivity index is 1.60. The Kier molecular flexibility index (Phi) is 4.38. The van der Waals surface area contributed by atoms with Crippen molar-refractivity contribution < 1.29 is 4.52 Å². The number of rotatable bonds is 6. The van der Waals surface area contributed by atoms with Gasteiger partial charge in [-0.05, 0) is 30.5 Å². The molecular weight excluding hydrogens is 328 g/mol. The van der Waals surface area contributed by atoms with Gasteiger partial charge in [-0.15, -0.1) is 0 Å². The van der Waals surface area contributed by atoms with Gasteiger partial charge in [-0.3, -0.25) is 0 Å². The Hall–Kier alpha value is -2.80. The van der Waals surface area contributed by atoms with E-state index in [9.17, 15) is 0 Å². The summed E-state index contributed by atoms with van der Waals surface area (Å²) in [5.41, 5.74) is 8.65. The second-order valence-electron chi connectivity index (χ2n) is 6.64. The Morgan fingerprint density at radius 3 is 2.46 bits per heavy atom. The maximum absolute atomic E-state index is 5.56. The molecule has 0 amide bonds. The molecule has 1 aromatic carbocycles. The average molecular weight is 350 g/mol. The van der Waals surface area contributed by atoms with Crippen molar-refractivity contribution in [3.8, 4) is 11.1 Å². The van der Waals surface area contributed by atoms with Gasteiger partial charge >= 0.3 is 0 Å². The Morgan fingerprint density at radius 1 is 1.12 bits per heavy atom. The van der Waals surface area contributed by atoms with Gasteiger partial charge < -0.3 is 15.6 Å². The topological polar surface area (TPSA) is 103 Å². The van der Waals surface area contributed by atoms with Crippen molar-refractivity contribution in [2.75, 3.05) is 12.3 Å². The molecule has 1 aliphatic rings. The zero-order valence-electron chi connectivity index (χ0n) is 14.8. The molecule has 2 heterocycles. The fraction of sp³-hybridized carbons (Fsp3) is 0.368. The third-order valence-corrected chi connectivity index (χ3v) is 5.07. The Morgan fingerprint density at radius 2 is 1.85 bits per heavy atom. The number of anilines is 1. The van der Waals surface area contributed by atoms with Gasteiger partial charge in [0.2, 0.25) is 11.8 Å². The molecule has 0 bridgehead atoms. The number of nitrogens with two attached hydrogens (primary N) is 1. The molecule has 0 unspecified atom stereocenters. The summed E-state index contributed by atoms with van der Waals surface area (Å²) in [6.45, 7) is 3.53. The summed E-state index contributed by atoms with van der Waals surface area (Å²) in [7, 11) is 0. The number of hydrogen-bond donors (Lipinski definition) is 2. The second-order valence-corrected chi connectivity index (χ2v) is 6.64. The van der Waals surface area contributed by atoms with E-state index in [4.69, 9.17) is 10.3 Å². The number of benzene rings is 1. The molecule has 0 spiro atoms. The maximum Gasteiger partial charge on any atom is 0.240 e. The van der Waals surface area contributed by atoms with E-state index < -0.39 is 0 Å². The highest BCUT2D eigenvalue weighted by molar-refractivity contribution is 5.62. The van der Waals surface area contributed by atoms with E-state index in [0.29, 0.717) is 12.4 Å². The van der Waals surface area contributed by atoms with Crippen LogP contribution in [0.25, 0.3) is 11.1 Å². The highest BCUT2D eigenvalue weighted by Crippen LogP contribution is 2.48. The summed E-state index contributed by atoms with van der Waals surface area (Å²) in [5, 5.41) is 7.49. The molecule has 7 heteroatoms. The monoisotopic (exact) mass is 350 g/mol. The zero-order chi connectivity index (χ0) is 18.0. The molecule has 0 aliphatic heterocycles. The smallest absolute Gasteiger partial charge is 0.240 e. The van der Waals surface area contributed by atoms with Crippen molar-refractivity contribution in [2.45, 2.75) is 38.1 Å². The first kappa shape index (κ1) is 16.7. The number of hydrogen-bond acceptors (Lipinski definition) is 7. The standard InChI is InChI=1S/C19H22N6O/c1-2-21-12-16-24-17(25-26-16)19(8-3-9-19)15-6-4-13(5-7-15)14-10-22-18(20)23-11-14/h4-7,10-11,21H,2-3,8-9,12H2,1H3,(H2,20,22,23). The summed E-state index contributed by atoms with van der Waals surface area (Å²) in [4.78, 5) is 12.7. The average Bonchev–Trinajstić information content (AvgIpc) is 3.09. The molecule has 4 rings (SSSR count). The lowest BCUT2D eigenvalue weighted by Gasteiger charge is -2.39. The molecule has 1 fully saturated rings. The van der Waals surface area contributed by atoms with E-state index >= 15 is 0 Å². The molecule has 1 saturated carbocycles. The molecule has 3 aromatic rings. The van der Waals surface area contributed by atoms with Crippen molar-refractivity contribution in [3.63, 3.8) is 0 Å². The predicted molar refractivity (Wildman–Crippen MR) is 98.2 cm³/mol. The third kappa shape index (κ3) is 2.94. The molecule has 0 radical (unpaired) electrons. The van der Waals surface area contributed by atoms with Crippen molar-refractivity contribution in [3.05, 3.63) is 53.9 Å². The fourth-order valence-corrected chi connectivity index (χ4v) is 3.39. The summed E-state index contributed by atoms with van der Waals surface area (Å²) in [6.07, 6.45) is 6.73. The normalized spacial score (nSPS) is 15.6. The van der Waals surface area contributed by atoms with Gasteiger partial charge in [-0.1, -0.05) is 42.8 Å². The van der Waals surface area contributed by atoms with Crippen molar-refractivity contribution >= 4 is 5.95 Å². The molecule has 0 atom stereocenters. The van der Waals surface area contributed by atoms with Gasteiger partial charge in [0.1, 0.15) is 0 Å². The molecule has 1 aliphatic carbocycles. The van der Waals surface area contributed by atoms with Crippen LogP contribution in [0.3, 0.4) is 0 Å². The van der Waals surface area contributed by atoms with Crippen molar-refractivity contribution in [1.29, 1.82) is 0 Å². The van der Waals surface area contributed by atoms with Crippen LogP contribution in [-0.4, -0.2) is 26.7 Å². The summed E-state index contributed by atoms with van der Waals surface area (Å²) >= 11 is 0. The van der Waals surface area contributed by atoms with Crippen LogP contribution < -0.4 is 11.1 Å². The zero-order valence-corrected chi connectivity index (χ0v) is 14.8. The van der Waals surface area contributed by atoms with Gasteiger partial charge in [-0.25, -0.2) is 9.97 Å². The quantitative estimate of drug-likeness (QED) is 0.704. The van der Waals surface area contributed by atoms with E-state index in [1.807, 2.05) is 0 Å². The molecule has 3 N–H and O–H groups in total. The minimum absolute atomic E-state index is 0.135. The molecule has 7 nitrogen and oxygen atoms in total. The van der Waals surface area contributed by atoms with Crippen LogP contribution in [0, 0.1) is 0 Å². The number of nitrogen functional groups attached to an aromatic ring is 1. The number of nitrogens with zero attached hydrogens (tertiary/aromatic N) is 4. The summed E-state index contributed by atoms with van der Waals surface area (Å²) < 4.78 is 5.42. The Bertz CT molecular complexity index is 868. The van der Waals surface area contributed by atoms with Crippen LogP contribution in [0.2, 0.25) is 0 Å².